The van der Waals surface area contributed by atoms with Gasteiger partial charge < -0.3 is 10.4 Å². The molecule has 7 nitrogen and oxygen atoms in total. The minimum absolute atomic E-state index is 0.147. The highest BCUT2D eigenvalue weighted by Crippen LogP contribution is 2.17. The standard InChI is InChI=1S/C11H8ClFN4O3/c12-6-1-7(13)3-8(2-6)14-10(18)5-17-4-9(11(19)20)15-16-17/h1-4H,5H2,(H,14,18)(H,19,20). The van der Waals surface area contributed by atoms with E-state index in [1.807, 2.05) is 0 Å². The Morgan fingerprint density at radius 1 is 1.40 bits per heavy atom. The Morgan fingerprint density at radius 2 is 2.15 bits per heavy atom. The predicted octanol–water partition coefficient (Wildman–Crippen LogP) is 1.41. The monoisotopic (exact) mass is 298 g/mol. The van der Waals surface area contributed by atoms with Gasteiger partial charge in [-0.05, 0) is 18.2 Å². The van der Waals surface area contributed by atoms with Gasteiger partial charge in [0.2, 0.25) is 5.91 Å². The first-order chi connectivity index (χ1) is 9.44. The SMILES string of the molecule is O=C(Cn1cc(C(=O)O)nn1)Nc1cc(F)cc(Cl)c1. The van der Waals surface area contributed by atoms with Gasteiger partial charge in [-0.15, -0.1) is 5.10 Å². The molecule has 104 valence electrons. The van der Waals surface area contributed by atoms with Gasteiger partial charge in [-0.2, -0.15) is 0 Å². The zero-order chi connectivity index (χ0) is 14.7. The second-order valence-electron chi connectivity index (χ2n) is 3.81. The van der Waals surface area contributed by atoms with E-state index in [4.69, 9.17) is 16.7 Å². The summed E-state index contributed by atoms with van der Waals surface area (Å²) in [5, 5.41) is 18.0. The van der Waals surface area contributed by atoms with Crippen LogP contribution in [0.4, 0.5) is 10.1 Å². The van der Waals surface area contributed by atoms with Crippen LogP contribution in [0.15, 0.2) is 24.4 Å². The number of anilines is 1. The molecule has 0 spiro atoms. The number of hydrogen-bond acceptors (Lipinski definition) is 4. The van der Waals surface area contributed by atoms with E-state index in [2.05, 4.69) is 15.6 Å². The van der Waals surface area contributed by atoms with Crippen molar-refractivity contribution < 1.29 is 19.1 Å². The molecule has 2 N–H and O–H groups in total. The van der Waals surface area contributed by atoms with E-state index in [1.54, 1.807) is 0 Å². The maximum atomic E-state index is 13.1. The number of nitrogens with one attached hydrogen (secondary N) is 1. The molecule has 0 atom stereocenters. The van der Waals surface area contributed by atoms with Crippen LogP contribution >= 0.6 is 11.6 Å². The third-order valence-corrected chi connectivity index (χ3v) is 2.43. The largest absolute Gasteiger partial charge is 0.476 e. The summed E-state index contributed by atoms with van der Waals surface area (Å²) >= 11 is 5.65. The third kappa shape index (κ3) is 3.51. The van der Waals surface area contributed by atoms with Gasteiger partial charge in [-0.1, -0.05) is 16.8 Å². The Morgan fingerprint density at radius 3 is 2.75 bits per heavy atom. The fraction of sp³-hybridized carbons (Fsp3) is 0.0909. The number of rotatable bonds is 4. The van der Waals surface area contributed by atoms with E-state index < -0.39 is 17.7 Å². The topological polar surface area (TPSA) is 97.1 Å². The average molecular weight is 299 g/mol. The molecule has 1 aromatic heterocycles. The predicted molar refractivity (Wildman–Crippen MR) is 67.0 cm³/mol. The lowest BCUT2D eigenvalue weighted by molar-refractivity contribution is -0.116. The number of benzene rings is 1. The summed E-state index contributed by atoms with van der Waals surface area (Å²) < 4.78 is 14.1. The van der Waals surface area contributed by atoms with Gasteiger partial charge in [0.05, 0.1) is 6.20 Å². The molecule has 0 fully saturated rings. The normalized spacial score (nSPS) is 10.3. The molecular weight excluding hydrogens is 291 g/mol. The van der Waals surface area contributed by atoms with Crippen molar-refractivity contribution >= 4 is 29.2 Å². The minimum atomic E-state index is -1.24. The fourth-order valence-electron chi connectivity index (χ4n) is 1.45. The summed E-state index contributed by atoms with van der Waals surface area (Å²) in [5.41, 5.74) is -0.0785. The molecule has 0 saturated carbocycles. The third-order valence-electron chi connectivity index (χ3n) is 2.21. The van der Waals surface area contributed by atoms with Crippen LogP contribution < -0.4 is 5.32 Å². The van der Waals surface area contributed by atoms with E-state index in [1.165, 1.54) is 6.07 Å². The Kier molecular flexibility index (Phi) is 3.94. The van der Waals surface area contributed by atoms with E-state index >= 15 is 0 Å². The molecule has 0 bridgehead atoms. The number of aromatic carboxylic acids is 1. The van der Waals surface area contributed by atoms with Crippen molar-refractivity contribution in [1.29, 1.82) is 0 Å². The van der Waals surface area contributed by atoms with E-state index in [0.29, 0.717) is 0 Å². The number of carboxylic acid groups (broad SMARTS) is 1. The van der Waals surface area contributed by atoms with Crippen molar-refractivity contribution in [3.8, 4) is 0 Å². The zero-order valence-electron chi connectivity index (χ0n) is 9.88. The average Bonchev–Trinajstić information content (AvgIpc) is 2.75. The van der Waals surface area contributed by atoms with Crippen molar-refractivity contribution in [2.75, 3.05) is 5.32 Å². The van der Waals surface area contributed by atoms with E-state index in [9.17, 15) is 14.0 Å². The highest BCUT2D eigenvalue weighted by molar-refractivity contribution is 6.30. The van der Waals surface area contributed by atoms with E-state index in [-0.39, 0.29) is 22.9 Å². The molecule has 0 saturated heterocycles. The lowest BCUT2D eigenvalue weighted by Gasteiger charge is -2.05. The summed E-state index contributed by atoms with van der Waals surface area (Å²) in [5.74, 6) is -2.34. The summed E-state index contributed by atoms with van der Waals surface area (Å²) in [7, 11) is 0. The summed E-state index contributed by atoms with van der Waals surface area (Å²) in [4.78, 5) is 22.3. The Labute approximate surface area is 117 Å². The quantitative estimate of drug-likeness (QED) is 0.889. The van der Waals surface area contributed by atoms with Crippen molar-refractivity contribution in [2.24, 2.45) is 0 Å². The molecule has 0 aliphatic heterocycles. The molecule has 0 aliphatic carbocycles. The highest BCUT2D eigenvalue weighted by Gasteiger charge is 2.11. The van der Waals surface area contributed by atoms with E-state index in [0.717, 1.165) is 23.0 Å². The lowest BCUT2D eigenvalue weighted by Crippen LogP contribution is -2.19. The number of carbonyl (C=O) groups is 2. The first-order valence-electron chi connectivity index (χ1n) is 5.33. The summed E-state index contributed by atoms with van der Waals surface area (Å²) in [6.45, 7) is -0.256. The van der Waals surface area contributed by atoms with Crippen LogP contribution in [-0.4, -0.2) is 32.0 Å². The zero-order valence-corrected chi connectivity index (χ0v) is 10.6. The van der Waals surface area contributed by atoms with Crippen molar-refractivity contribution in [3.05, 3.63) is 40.9 Å². The summed E-state index contributed by atoms with van der Waals surface area (Å²) in [6, 6.07) is 3.59. The number of halogens is 2. The Bertz CT molecular complexity index is 653. The van der Waals surface area contributed by atoms with Crippen LogP contribution in [0.25, 0.3) is 0 Å². The molecule has 20 heavy (non-hydrogen) atoms. The number of carbonyl (C=O) groups excluding carboxylic acids is 1. The van der Waals surface area contributed by atoms with Crippen molar-refractivity contribution in [2.45, 2.75) is 6.54 Å². The number of amides is 1. The maximum absolute atomic E-state index is 13.1. The Balaban J connectivity index is 2.03. The minimum Gasteiger partial charge on any atom is -0.476 e. The van der Waals surface area contributed by atoms with Gasteiger partial charge in [0.25, 0.3) is 0 Å². The first kappa shape index (κ1) is 13.9. The van der Waals surface area contributed by atoms with Gasteiger partial charge >= 0.3 is 5.97 Å². The van der Waals surface area contributed by atoms with Crippen molar-refractivity contribution in [1.82, 2.24) is 15.0 Å². The molecule has 1 amide bonds. The smallest absolute Gasteiger partial charge is 0.358 e. The molecule has 9 heteroatoms. The number of aromatic nitrogens is 3. The van der Waals surface area contributed by atoms with Crippen LogP contribution in [-0.2, 0) is 11.3 Å². The first-order valence-corrected chi connectivity index (χ1v) is 5.71. The number of carboxylic acids is 1. The van der Waals surface area contributed by atoms with Crippen LogP contribution in [0.3, 0.4) is 0 Å². The second-order valence-corrected chi connectivity index (χ2v) is 4.25. The van der Waals surface area contributed by atoms with Gasteiger partial charge in [0, 0.05) is 10.7 Å². The molecule has 0 radical (unpaired) electrons. The van der Waals surface area contributed by atoms with Gasteiger partial charge in [0.15, 0.2) is 5.69 Å². The summed E-state index contributed by atoms with van der Waals surface area (Å²) in [6.07, 6.45) is 1.11. The molecule has 2 aromatic rings. The van der Waals surface area contributed by atoms with Gasteiger partial charge in [-0.25, -0.2) is 13.9 Å². The van der Waals surface area contributed by atoms with Crippen LogP contribution in [0.5, 0.6) is 0 Å². The molecule has 0 aliphatic rings. The molecular formula is C11H8ClFN4O3. The highest BCUT2D eigenvalue weighted by atomic mass is 35.5. The van der Waals surface area contributed by atoms with Crippen LogP contribution in [0, 0.1) is 5.82 Å². The molecule has 1 heterocycles. The molecule has 2 rings (SSSR count). The molecule has 0 unspecified atom stereocenters. The van der Waals surface area contributed by atoms with Crippen LogP contribution in [0.1, 0.15) is 10.5 Å². The second kappa shape index (κ2) is 5.66. The van der Waals surface area contributed by atoms with Gasteiger partial charge in [-0.3, -0.25) is 4.79 Å². The lowest BCUT2D eigenvalue weighted by atomic mass is 10.3. The Hall–Kier alpha value is -2.48. The van der Waals surface area contributed by atoms with Crippen LogP contribution in [0.2, 0.25) is 5.02 Å². The van der Waals surface area contributed by atoms with Crippen molar-refractivity contribution in [3.63, 3.8) is 0 Å². The maximum Gasteiger partial charge on any atom is 0.358 e. The molecule has 1 aromatic carbocycles. The number of nitrogens with zero attached hydrogens (tertiary/aromatic N) is 3. The fourth-order valence-corrected chi connectivity index (χ4v) is 1.67. The number of hydrogen-bond donors (Lipinski definition) is 2. The van der Waals surface area contributed by atoms with Gasteiger partial charge in [0.1, 0.15) is 12.4 Å².